The minimum Gasteiger partial charge on any atom is -0.454 e. The van der Waals surface area contributed by atoms with Gasteiger partial charge in [0.05, 0.1) is 6.21 Å². The molecule has 0 fully saturated rings. The third kappa shape index (κ3) is 4.13. The molecule has 2 amide bonds. The Morgan fingerprint density at radius 3 is 2.52 bits per heavy atom. The molecular formula is C16H11BrFN3O4. The first-order valence-electron chi connectivity index (χ1n) is 7.02. The van der Waals surface area contributed by atoms with Crippen LogP contribution in [0.3, 0.4) is 0 Å². The summed E-state index contributed by atoms with van der Waals surface area (Å²) in [5.41, 5.74) is 3.03. The van der Waals surface area contributed by atoms with E-state index in [4.69, 9.17) is 9.47 Å². The number of amides is 2. The average molecular weight is 408 g/mol. The maximum atomic E-state index is 12.8. The maximum absolute atomic E-state index is 12.8. The number of benzene rings is 2. The highest BCUT2D eigenvalue weighted by Crippen LogP contribution is 2.36. The smallest absolute Gasteiger partial charge is 0.329 e. The molecule has 0 spiro atoms. The number of hydrogen-bond acceptors (Lipinski definition) is 5. The second-order valence-corrected chi connectivity index (χ2v) is 5.74. The predicted octanol–water partition coefficient (Wildman–Crippen LogP) is 2.41. The number of fused-ring (bicyclic) bond motifs is 1. The zero-order valence-corrected chi connectivity index (χ0v) is 14.2. The summed E-state index contributed by atoms with van der Waals surface area (Å²) in [5.74, 6) is -1.16. The molecule has 0 saturated carbocycles. The van der Waals surface area contributed by atoms with Crippen LogP contribution in [-0.4, -0.2) is 24.8 Å². The number of hydrazone groups is 1. The normalized spacial score (nSPS) is 12.2. The van der Waals surface area contributed by atoms with Gasteiger partial charge in [-0.3, -0.25) is 9.59 Å². The van der Waals surface area contributed by atoms with Crippen LogP contribution in [0, 0.1) is 5.82 Å². The number of carbonyl (C=O) groups is 2. The first kappa shape index (κ1) is 16.9. The number of ether oxygens (including phenoxy) is 2. The Hall–Kier alpha value is -2.94. The topological polar surface area (TPSA) is 89.0 Å². The Balaban J connectivity index is 1.59. The summed E-state index contributed by atoms with van der Waals surface area (Å²) in [5, 5.41) is 6.06. The van der Waals surface area contributed by atoms with Crippen molar-refractivity contribution in [2.45, 2.75) is 0 Å². The van der Waals surface area contributed by atoms with E-state index in [1.54, 1.807) is 12.1 Å². The van der Waals surface area contributed by atoms with Gasteiger partial charge in [0.25, 0.3) is 0 Å². The van der Waals surface area contributed by atoms with Crippen LogP contribution in [0.15, 0.2) is 46.0 Å². The zero-order valence-electron chi connectivity index (χ0n) is 12.6. The second-order valence-electron chi connectivity index (χ2n) is 4.89. The van der Waals surface area contributed by atoms with Crippen LogP contribution in [0.25, 0.3) is 0 Å². The van der Waals surface area contributed by atoms with Crippen molar-refractivity contribution in [2.24, 2.45) is 5.10 Å². The molecule has 0 bridgehead atoms. The van der Waals surface area contributed by atoms with Gasteiger partial charge < -0.3 is 14.8 Å². The van der Waals surface area contributed by atoms with Gasteiger partial charge in [-0.1, -0.05) is 0 Å². The van der Waals surface area contributed by atoms with Crippen molar-refractivity contribution in [3.05, 3.63) is 52.3 Å². The third-order valence-electron chi connectivity index (χ3n) is 3.17. The standard InChI is InChI=1S/C16H11BrFN3O4/c17-12-6-14-13(24-8-25-14)5-9(12)7-19-21-16(23)15(22)20-11-3-1-10(18)2-4-11/h1-7H,8H2,(H,20,22)(H,21,23)/b19-7+. The first-order chi connectivity index (χ1) is 12.0. The van der Waals surface area contributed by atoms with Crippen LogP contribution in [0.4, 0.5) is 10.1 Å². The molecule has 1 aliphatic rings. The van der Waals surface area contributed by atoms with E-state index >= 15 is 0 Å². The molecule has 0 atom stereocenters. The highest BCUT2D eigenvalue weighted by Gasteiger charge is 2.16. The van der Waals surface area contributed by atoms with Gasteiger partial charge in [-0.2, -0.15) is 5.10 Å². The largest absolute Gasteiger partial charge is 0.454 e. The maximum Gasteiger partial charge on any atom is 0.329 e. The minimum absolute atomic E-state index is 0.142. The van der Waals surface area contributed by atoms with Gasteiger partial charge in [-0.05, 0) is 52.3 Å². The van der Waals surface area contributed by atoms with Crippen molar-refractivity contribution in [3.63, 3.8) is 0 Å². The molecule has 128 valence electrons. The number of hydrogen-bond donors (Lipinski definition) is 2. The van der Waals surface area contributed by atoms with Crippen LogP contribution in [-0.2, 0) is 9.59 Å². The van der Waals surface area contributed by atoms with E-state index in [-0.39, 0.29) is 6.79 Å². The van der Waals surface area contributed by atoms with Gasteiger partial charge in [0.2, 0.25) is 6.79 Å². The molecule has 0 saturated heterocycles. The van der Waals surface area contributed by atoms with Gasteiger partial charge in [0, 0.05) is 15.7 Å². The second kappa shape index (κ2) is 7.31. The molecule has 1 heterocycles. The summed E-state index contributed by atoms with van der Waals surface area (Å²) in [4.78, 5) is 23.4. The number of anilines is 1. The zero-order chi connectivity index (χ0) is 17.8. The number of nitrogens with one attached hydrogen (secondary N) is 2. The van der Waals surface area contributed by atoms with Crippen LogP contribution < -0.4 is 20.2 Å². The summed E-state index contributed by atoms with van der Waals surface area (Å²) in [6.45, 7) is 0.142. The van der Waals surface area contributed by atoms with E-state index in [0.29, 0.717) is 27.2 Å². The fraction of sp³-hybridized carbons (Fsp3) is 0.0625. The van der Waals surface area contributed by atoms with E-state index in [2.05, 4.69) is 31.8 Å². The molecule has 2 aromatic carbocycles. The lowest BCUT2D eigenvalue weighted by Crippen LogP contribution is -2.32. The highest BCUT2D eigenvalue weighted by molar-refractivity contribution is 9.10. The number of carbonyl (C=O) groups excluding carboxylic acids is 2. The van der Waals surface area contributed by atoms with Crippen molar-refractivity contribution in [1.82, 2.24) is 5.43 Å². The van der Waals surface area contributed by atoms with Crippen LogP contribution >= 0.6 is 15.9 Å². The lowest BCUT2D eigenvalue weighted by Gasteiger charge is -2.04. The van der Waals surface area contributed by atoms with Gasteiger partial charge >= 0.3 is 11.8 Å². The molecule has 0 radical (unpaired) electrons. The van der Waals surface area contributed by atoms with Crippen molar-refractivity contribution >= 4 is 39.6 Å². The van der Waals surface area contributed by atoms with Crippen molar-refractivity contribution in [2.75, 3.05) is 12.1 Å². The summed E-state index contributed by atoms with van der Waals surface area (Å²) >= 11 is 3.35. The third-order valence-corrected chi connectivity index (χ3v) is 3.86. The number of nitrogens with zero attached hydrogens (tertiary/aromatic N) is 1. The van der Waals surface area contributed by atoms with Crippen LogP contribution in [0.1, 0.15) is 5.56 Å². The van der Waals surface area contributed by atoms with Crippen molar-refractivity contribution in [1.29, 1.82) is 0 Å². The fourth-order valence-electron chi connectivity index (χ4n) is 1.96. The lowest BCUT2D eigenvalue weighted by atomic mass is 10.2. The molecule has 0 aliphatic carbocycles. The molecule has 7 nitrogen and oxygen atoms in total. The Morgan fingerprint density at radius 1 is 1.12 bits per heavy atom. The first-order valence-corrected chi connectivity index (χ1v) is 7.81. The Kier molecular flexibility index (Phi) is 4.94. The Labute approximate surface area is 149 Å². The minimum atomic E-state index is -0.961. The van der Waals surface area contributed by atoms with Crippen molar-refractivity contribution < 1.29 is 23.5 Å². The molecule has 0 unspecified atom stereocenters. The number of rotatable bonds is 3. The van der Waals surface area contributed by atoms with Gasteiger partial charge in [-0.25, -0.2) is 9.82 Å². The monoisotopic (exact) mass is 407 g/mol. The molecule has 25 heavy (non-hydrogen) atoms. The molecule has 0 aromatic heterocycles. The van der Waals surface area contributed by atoms with Crippen LogP contribution in [0.2, 0.25) is 0 Å². The Morgan fingerprint density at radius 2 is 1.80 bits per heavy atom. The van der Waals surface area contributed by atoms with E-state index < -0.39 is 17.6 Å². The Bertz CT molecular complexity index is 855. The summed E-state index contributed by atoms with van der Waals surface area (Å²) in [7, 11) is 0. The fourth-order valence-corrected chi connectivity index (χ4v) is 2.39. The molecule has 9 heteroatoms. The van der Waals surface area contributed by atoms with E-state index in [1.807, 2.05) is 0 Å². The average Bonchev–Trinajstić information content (AvgIpc) is 3.04. The molecule has 1 aliphatic heterocycles. The van der Waals surface area contributed by atoms with Gasteiger partial charge in [0.15, 0.2) is 11.5 Å². The quantitative estimate of drug-likeness (QED) is 0.464. The van der Waals surface area contributed by atoms with E-state index in [1.165, 1.54) is 30.5 Å². The summed E-state index contributed by atoms with van der Waals surface area (Å²) in [6.07, 6.45) is 1.36. The van der Waals surface area contributed by atoms with Crippen molar-refractivity contribution in [3.8, 4) is 11.5 Å². The molecule has 2 aromatic rings. The van der Waals surface area contributed by atoms with Gasteiger partial charge in [0.1, 0.15) is 5.82 Å². The van der Waals surface area contributed by atoms with Crippen LogP contribution in [0.5, 0.6) is 11.5 Å². The van der Waals surface area contributed by atoms with Gasteiger partial charge in [-0.15, -0.1) is 0 Å². The molecule has 3 rings (SSSR count). The predicted molar refractivity (Wildman–Crippen MR) is 91.0 cm³/mol. The molecular weight excluding hydrogens is 397 g/mol. The highest BCUT2D eigenvalue weighted by atomic mass is 79.9. The SMILES string of the molecule is O=C(N/N=C/c1cc2c(cc1Br)OCO2)C(=O)Nc1ccc(F)cc1. The van der Waals surface area contributed by atoms with E-state index in [0.717, 1.165) is 0 Å². The summed E-state index contributed by atoms with van der Waals surface area (Å²) in [6, 6.07) is 8.42. The summed E-state index contributed by atoms with van der Waals surface area (Å²) < 4.78 is 24.0. The lowest BCUT2D eigenvalue weighted by molar-refractivity contribution is -0.136. The number of halogens is 2. The van der Waals surface area contributed by atoms with E-state index in [9.17, 15) is 14.0 Å². The molecule has 2 N–H and O–H groups in total.